The molecule has 1 aliphatic carbocycles. The Morgan fingerprint density at radius 2 is 1.84 bits per heavy atom. The van der Waals surface area contributed by atoms with Crippen LogP contribution in [0.4, 0.5) is 0 Å². The molecule has 1 unspecified atom stereocenters. The maximum atomic E-state index is 3.70. The first-order valence-corrected chi connectivity index (χ1v) is 8.27. The fourth-order valence-corrected chi connectivity index (χ4v) is 3.70. The molecule has 0 aromatic heterocycles. The molecule has 2 saturated heterocycles. The number of rotatable bonds is 5. The number of nitrogens with zero attached hydrogens (tertiary/aromatic N) is 2. The minimum absolute atomic E-state index is 0.575. The van der Waals surface area contributed by atoms with Gasteiger partial charge >= 0.3 is 0 Å². The van der Waals surface area contributed by atoms with Crippen LogP contribution < -0.4 is 5.32 Å². The Morgan fingerprint density at radius 1 is 1.11 bits per heavy atom. The van der Waals surface area contributed by atoms with Crippen LogP contribution in [0, 0.1) is 11.3 Å². The van der Waals surface area contributed by atoms with Crippen LogP contribution >= 0.6 is 0 Å². The zero-order chi connectivity index (χ0) is 13.3. The molecule has 0 aromatic carbocycles. The highest BCUT2D eigenvalue weighted by atomic mass is 15.2. The van der Waals surface area contributed by atoms with Crippen molar-refractivity contribution in [1.82, 2.24) is 15.1 Å². The zero-order valence-corrected chi connectivity index (χ0v) is 12.8. The summed E-state index contributed by atoms with van der Waals surface area (Å²) in [7, 11) is 2.26. The fraction of sp³-hybridized carbons (Fsp3) is 1.00. The van der Waals surface area contributed by atoms with E-state index >= 15 is 0 Å². The van der Waals surface area contributed by atoms with Crippen molar-refractivity contribution in [1.29, 1.82) is 0 Å². The topological polar surface area (TPSA) is 18.5 Å². The molecule has 1 N–H and O–H groups in total. The summed E-state index contributed by atoms with van der Waals surface area (Å²) in [6.07, 6.45) is 7.01. The van der Waals surface area contributed by atoms with Crippen molar-refractivity contribution >= 4 is 0 Å². The van der Waals surface area contributed by atoms with Crippen LogP contribution in [0.25, 0.3) is 0 Å². The highest BCUT2D eigenvalue weighted by molar-refractivity contribution is 4.89. The van der Waals surface area contributed by atoms with E-state index in [1.54, 1.807) is 0 Å². The van der Waals surface area contributed by atoms with Gasteiger partial charge in [-0.1, -0.05) is 6.92 Å². The summed E-state index contributed by atoms with van der Waals surface area (Å²) in [6, 6.07) is 0.875. The number of piperidine rings is 1. The average Bonchev–Trinajstić information content (AvgIpc) is 3.12. The van der Waals surface area contributed by atoms with Gasteiger partial charge in [0.2, 0.25) is 0 Å². The third kappa shape index (κ3) is 3.93. The molecule has 1 atom stereocenters. The molecule has 110 valence electrons. The molecule has 0 radical (unpaired) electrons. The van der Waals surface area contributed by atoms with Crippen LogP contribution in [-0.4, -0.2) is 62.2 Å². The van der Waals surface area contributed by atoms with Gasteiger partial charge in [-0.2, -0.15) is 0 Å². The minimum atomic E-state index is 0.575. The van der Waals surface area contributed by atoms with E-state index in [0.29, 0.717) is 5.41 Å². The maximum Gasteiger partial charge on any atom is 0.00683 e. The molecule has 3 rings (SSSR count). The lowest BCUT2D eigenvalue weighted by atomic mass is 9.80. The van der Waals surface area contributed by atoms with Crippen molar-refractivity contribution in [2.75, 3.05) is 46.3 Å². The highest BCUT2D eigenvalue weighted by Crippen LogP contribution is 2.33. The van der Waals surface area contributed by atoms with Gasteiger partial charge in [-0.05, 0) is 76.7 Å². The molecule has 1 saturated carbocycles. The molecule has 3 fully saturated rings. The Bertz CT molecular complexity index is 292. The Balaban J connectivity index is 1.40. The molecule has 0 aromatic rings. The van der Waals surface area contributed by atoms with E-state index in [4.69, 9.17) is 0 Å². The van der Waals surface area contributed by atoms with Crippen LogP contribution in [0.15, 0.2) is 0 Å². The maximum absolute atomic E-state index is 3.70. The number of hydrogen-bond acceptors (Lipinski definition) is 3. The molecule has 3 heteroatoms. The summed E-state index contributed by atoms with van der Waals surface area (Å²) in [5.74, 6) is 0.912. The van der Waals surface area contributed by atoms with E-state index in [0.717, 1.165) is 12.0 Å². The number of hydrogen-bond donors (Lipinski definition) is 1. The first kappa shape index (κ1) is 13.8. The predicted octanol–water partition coefficient (Wildman–Crippen LogP) is 1.79. The van der Waals surface area contributed by atoms with E-state index in [1.165, 1.54) is 71.4 Å². The molecule has 3 nitrogen and oxygen atoms in total. The van der Waals surface area contributed by atoms with Crippen molar-refractivity contribution in [3.63, 3.8) is 0 Å². The zero-order valence-electron chi connectivity index (χ0n) is 12.8. The molecular formula is C16H31N3. The molecule has 0 spiro atoms. The molecule has 0 bridgehead atoms. The third-order valence-electron chi connectivity index (χ3n) is 5.44. The lowest BCUT2D eigenvalue weighted by Gasteiger charge is -2.40. The Kier molecular flexibility index (Phi) is 4.16. The van der Waals surface area contributed by atoms with Crippen molar-refractivity contribution in [3.05, 3.63) is 0 Å². The van der Waals surface area contributed by atoms with Crippen LogP contribution in [0.2, 0.25) is 0 Å². The lowest BCUT2D eigenvalue weighted by molar-refractivity contribution is 0.0953. The Morgan fingerprint density at radius 3 is 2.53 bits per heavy atom. The standard InChI is InChI=1S/C16H31N3/c1-16(6-9-18(2)10-7-16)13-19-8-5-14(12-19)11-17-15-3-4-15/h14-15,17H,3-13H2,1-2H3. The predicted molar refractivity (Wildman–Crippen MR) is 80.4 cm³/mol. The minimum Gasteiger partial charge on any atom is -0.314 e. The highest BCUT2D eigenvalue weighted by Gasteiger charge is 2.33. The second-order valence-electron chi connectivity index (χ2n) is 7.69. The second-order valence-corrected chi connectivity index (χ2v) is 7.69. The van der Waals surface area contributed by atoms with E-state index in [9.17, 15) is 0 Å². The van der Waals surface area contributed by atoms with Gasteiger partial charge in [0.25, 0.3) is 0 Å². The molecular weight excluding hydrogens is 234 g/mol. The number of nitrogens with one attached hydrogen (secondary N) is 1. The van der Waals surface area contributed by atoms with Crippen molar-refractivity contribution in [2.24, 2.45) is 11.3 Å². The van der Waals surface area contributed by atoms with E-state index < -0.39 is 0 Å². The second kappa shape index (κ2) is 5.71. The van der Waals surface area contributed by atoms with E-state index in [2.05, 4.69) is 29.1 Å². The van der Waals surface area contributed by atoms with E-state index in [1.807, 2.05) is 0 Å². The first-order chi connectivity index (χ1) is 9.13. The van der Waals surface area contributed by atoms with Gasteiger partial charge in [0, 0.05) is 19.1 Å². The SMILES string of the molecule is CN1CCC(C)(CN2CCC(CNC3CC3)C2)CC1. The van der Waals surface area contributed by atoms with Crippen LogP contribution in [0.1, 0.15) is 39.0 Å². The molecule has 19 heavy (non-hydrogen) atoms. The van der Waals surface area contributed by atoms with Crippen molar-refractivity contribution in [2.45, 2.75) is 45.1 Å². The van der Waals surface area contributed by atoms with Gasteiger partial charge < -0.3 is 15.1 Å². The van der Waals surface area contributed by atoms with Crippen LogP contribution in [0.5, 0.6) is 0 Å². The molecule has 2 aliphatic heterocycles. The smallest absolute Gasteiger partial charge is 0.00683 e. The largest absolute Gasteiger partial charge is 0.314 e. The molecule has 3 aliphatic rings. The van der Waals surface area contributed by atoms with Gasteiger partial charge in [-0.3, -0.25) is 0 Å². The van der Waals surface area contributed by atoms with Gasteiger partial charge in [-0.15, -0.1) is 0 Å². The molecule has 2 heterocycles. The quantitative estimate of drug-likeness (QED) is 0.818. The van der Waals surface area contributed by atoms with Crippen LogP contribution in [-0.2, 0) is 0 Å². The molecule has 0 amide bonds. The summed E-state index contributed by atoms with van der Waals surface area (Å²) in [6.45, 7) is 10.4. The number of likely N-dealkylation sites (tertiary alicyclic amines) is 2. The van der Waals surface area contributed by atoms with Gasteiger partial charge in [-0.25, -0.2) is 0 Å². The lowest BCUT2D eigenvalue weighted by Crippen LogP contribution is -2.43. The van der Waals surface area contributed by atoms with Gasteiger partial charge in [0.1, 0.15) is 0 Å². The average molecular weight is 265 g/mol. The monoisotopic (exact) mass is 265 g/mol. The third-order valence-corrected chi connectivity index (χ3v) is 5.44. The van der Waals surface area contributed by atoms with Gasteiger partial charge in [0.15, 0.2) is 0 Å². The van der Waals surface area contributed by atoms with Crippen LogP contribution in [0.3, 0.4) is 0 Å². The fourth-order valence-electron chi connectivity index (χ4n) is 3.70. The van der Waals surface area contributed by atoms with Gasteiger partial charge in [0.05, 0.1) is 0 Å². The van der Waals surface area contributed by atoms with Crippen molar-refractivity contribution < 1.29 is 0 Å². The summed E-state index contributed by atoms with van der Waals surface area (Å²) >= 11 is 0. The summed E-state index contributed by atoms with van der Waals surface area (Å²) in [5.41, 5.74) is 0.575. The summed E-state index contributed by atoms with van der Waals surface area (Å²) in [5, 5.41) is 3.70. The Hall–Kier alpha value is -0.120. The first-order valence-electron chi connectivity index (χ1n) is 8.27. The summed E-state index contributed by atoms with van der Waals surface area (Å²) < 4.78 is 0. The van der Waals surface area contributed by atoms with Crippen molar-refractivity contribution in [3.8, 4) is 0 Å². The van der Waals surface area contributed by atoms with E-state index in [-0.39, 0.29) is 0 Å². The summed E-state index contributed by atoms with van der Waals surface area (Å²) in [4.78, 5) is 5.22. The Labute approximate surface area is 118 Å². The normalized spacial score (nSPS) is 32.8.